The van der Waals surface area contributed by atoms with Crippen molar-refractivity contribution >= 4 is 52.3 Å². The first-order chi connectivity index (χ1) is 11.4. The third-order valence-electron chi connectivity index (χ3n) is 3.42. The summed E-state index contributed by atoms with van der Waals surface area (Å²) in [4.78, 5) is 23.8. The van der Waals surface area contributed by atoms with E-state index in [0.717, 1.165) is 5.56 Å². The third kappa shape index (κ3) is 4.87. The van der Waals surface area contributed by atoms with E-state index in [1.54, 1.807) is 43.3 Å². The summed E-state index contributed by atoms with van der Waals surface area (Å²) >= 11 is 17.9. The van der Waals surface area contributed by atoms with Crippen LogP contribution in [0, 0.1) is 6.92 Å². The molecule has 0 bridgehead atoms. The highest BCUT2D eigenvalue weighted by Gasteiger charge is 2.15. The Balaban J connectivity index is 1.88. The molecule has 0 unspecified atom stereocenters. The molecular weight excluding hydrogens is 371 g/mol. The number of hydrogen-bond acceptors (Lipinski definition) is 2. The van der Waals surface area contributed by atoms with Gasteiger partial charge in [0, 0.05) is 27.3 Å². The predicted octanol–water partition coefficient (Wildman–Crippen LogP) is 4.25. The van der Waals surface area contributed by atoms with Crippen molar-refractivity contribution in [3.8, 4) is 0 Å². The lowest BCUT2D eigenvalue weighted by Gasteiger charge is -2.10. The second-order valence-electron chi connectivity index (χ2n) is 5.11. The molecule has 4 nitrogen and oxygen atoms in total. The van der Waals surface area contributed by atoms with Crippen LogP contribution in [0.15, 0.2) is 36.4 Å². The van der Waals surface area contributed by atoms with Crippen LogP contribution in [0.3, 0.4) is 0 Å². The summed E-state index contributed by atoms with van der Waals surface area (Å²) in [6, 6.07) is 10.2. The van der Waals surface area contributed by atoms with Crippen molar-refractivity contribution in [1.82, 2.24) is 5.32 Å². The van der Waals surface area contributed by atoms with Crippen molar-refractivity contribution in [3.05, 3.63) is 62.6 Å². The zero-order chi connectivity index (χ0) is 17.7. The van der Waals surface area contributed by atoms with Crippen molar-refractivity contribution in [3.63, 3.8) is 0 Å². The van der Waals surface area contributed by atoms with Crippen molar-refractivity contribution < 1.29 is 9.59 Å². The Bertz CT molecular complexity index is 778. The predicted molar refractivity (Wildman–Crippen MR) is 98.0 cm³/mol. The highest BCUT2D eigenvalue weighted by molar-refractivity contribution is 6.40. The summed E-state index contributed by atoms with van der Waals surface area (Å²) in [6.07, 6.45) is 0.491. The Hall–Kier alpha value is -1.75. The Morgan fingerprint density at radius 1 is 1.00 bits per heavy atom. The largest absolute Gasteiger partial charge is 0.347 e. The molecule has 2 rings (SSSR count). The third-order valence-corrected chi connectivity index (χ3v) is 4.41. The number of rotatable bonds is 4. The zero-order valence-corrected chi connectivity index (χ0v) is 15.1. The molecule has 0 fully saturated rings. The van der Waals surface area contributed by atoms with Gasteiger partial charge in [-0.25, -0.2) is 0 Å². The van der Waals surface area contributed by atoms with Crippen LogP contribution < -0.4 is 10.6 Å². The van der Waals surface area contributed by atoms with E-state index >= 15 is 0 Å². The molecule has 0 aliphatic rings. The maximum atomic E-state index is 11.9. The molecule has 0 aromatic heterocycles. The van der Waals surface area contributed by atoms with Crippen LogP contribution in [-0.2, 0) is 16.0 Å². The summed E-state index contributed by atoms with van der Waals surface area (Å²) in [5, 5.41) is 6.68. The molecule has 2 N–H and O–H groups in total. The molecule has 0 spiro atoms. The Morgan fingerprint density at radius 3 is 2.46 bits per heavy atom. The van der Waals surface area contributed by atoms with E-state index in [4.69, 9.17) is 34.8 Å². The van der Waals surface area contributed by atoms with Gasteiger partial charge in [0.2, 0.25) is 0 Å². The molecule has 0 aliphatic carbocycles. The van der Waals surface area contributed by atoms with Crippen LogP contribution >= 0.6 is 34.8 Å². The van der Waals surface area contributed by atoms with Crippen LogP contribution in [0.1, 0.15) is 11.1 Å². The summed E-state index contributed by atoms with van der Waals surface area (Å²) in [6.45, 7) is 2.04. The van der Waals surface area contributed by atoms with Crippen LogP contribution in [0.2, 0.25) is 15.1 Å². The van der Waals surface area contributed by atoms with E-state index < -0.39 is 11.8 Å². The molecule has 0 heterocycles. The summed E-state index contributed by atoms with van der Waals surface area (Å²) in [5.41, 5.74) is 2.05. The first kappa shape index (κ1) is 18.6. The van der Waals surface area contributed by atoms with Gasteiger partial charge in [0.1, 0.15) is 0 Å². The van der Waals surface area contributed by atoms with Crippen molar-refractivity contribution in [2.45, 2.75) is 13.3 Å². The Kier molecular flexibility index (Phi) is 6.49. The highest BCUT2D eigenvalue weighted by atomic mass is 35.5. The number of hydrogen-bond donors (Lipinski definition) is 2. The molecule has 0 saturated heterocycles. The number of halogens is 3. The summed E-state index contributed by atoms with van der Waals surface area (Å²) in [5.74, 6) is -1.47. The second-order valence-corrected chi connectivity index (χ2v) is 6.36. The number of nitrogens with one attached hydrogen (secondary N) is 2. The molecule has 0 atom stereocenters. The van der Waals surface area contributed by atoms with E-state index in [9.17, 15) is 9.59 Å². The minimum Gasteiger partial charge on any atom is -0.347 e. The number of benzene rings is 2. The van der Waals surface area contributed by atoms with Crippen LogP contribution in [-0.4, -0.2) is 18.4 Å². The fourth-order valence-electron chi connectivity index (χ4n) is 2.04. The first-order valence-corrected chi connectivity index (χ1v) is 8.30. The standard InChI is InChI=1S/C17H15Cl3N2O2/c1-10-13(19)3-2-4-15(10)22-17(24)16(23)21-8-7-11-5-6-12(18)9-14(11)20/h2-6,9H,7-8H2,1H3,(H,21,23)(H,22,24). The highest BCUT2D eigenvalue weighted by Crippen LogP contribution is 2.23. The fraction of sp³-hybridized carbons (Fsp3) is 0.176. The first-order valence-electron chi connectivity index (χ1n) is 7.16. The van der Waals surface area contributed by atoms with E-state index in [0.29, 0.717) is 32.7 Å². The lowest BCUT2D eigenvalue weighted by molar-refractivity contribution is -0.136. The van der Waals surface area contributed by atoms with Crippen molar-refractivity contribution in [2.24, 2.45) is 0 Å². The van der Waals surface area contributed by atoms with Gasteiger partial charge in [-0.3, -0.25) is 9.59 Å². The van der Waals surface area contributed by atoms with Gasteiger partial charge in [-0.1, -0.05) is 46.9 Å². The van der Waals surface area contributed by atoms with Crippen LogP contribution in [0.4, 0.5) is 5.69 Å². The monoisotopic (exact) mass is 384 g/mol. The molecule has 7 heteroatoms. The lowest BCUT2D eigenvalue weighted by Crippen LogP contribution is -2.36. The molecule has 0 saturated carbocycles. The van der Waals surface area contributed by atoms with E-state index in [1.807, 2.05) is 0 Å². The van der Waals surface area contributed by atoms with Gasteiger partial charge < -0.3 is 10.6 Å². The molecular formula is C17H15Cl3N2O2. The average Bonchev–Trinajstić information content (AvgIpc) is 2.53. The molecule has 24 heavy (non-hydrogen) atoms. The van der Waals surface area contributed by atoms with Crippen molar-refractivity contribution in [1.29, 1.82) is 0 Å². The smallest absolute Gasteiger partial charge is 0.313 e. The topological polar surface area (TPSA) is 58.2 Å². The van der Waals surface area contributed by atoms with Crippen LogP contribution in [0.5, 0.6) is 0 Å². The molecule has 2 aromatic carbocycles. The molecule has 2 amide bonds. The molecule has 126 valence electrons. The minimum atomic E-state index is -0.748. The van der Waals surface area contributed by atoms with E-state index in [1.165, 1.54) is 0 Å². The normalized spacial score (nSPS) is 10.3. The molecule has 2 aromatic rings. The van der Waals surface area contributed by atoms with Gasteiger partial charge in [-0.15, -0.1) is 0 Å². The zero-order valence-electron chi connectivity index (χ0n) is 12.8. The number of amides is 2. The van der Waals surface area contributed by atoms with Crippen LogP contribution in [0.25, 0.3) is 0 Å². The average molecular weight is 386 g/mol. The van der Waals surface area contributed by atoms with Gasteiger partial charge >= 0.3 is 11.8 Å². The van der Waals surface area contributed by atoms with Gasteiger partial charge in [0.15, 0.2) is 0 Å². The summed E-state index contributed by atoms with van der Waals surface area (Å²) in [7, 11) is 0. The second kappa shape index (κ2) is 8.38. The molecule has 0 aliphatic heterocycles. The quantitative estimate of drug-likeness (QED) is 0.773. The maximum absolute atomic E-state index is 11.9. The van der Waals surface area contributed by atoms with E-state index in [2.05, 4.69) is 10.6 Å². The van der Waals surface area contributed by atoms with Gasteiger partial charge in [0.05, 0.1) is 0 Å². The van der Waals surface area contributed by atoms with Gasteiger partial charge in [0.25, 0.3) is 0 Å². The fourth-order valence-corrected chi connectivity index (χ4v) is 2.71. The lowest BCUT2D eigenvalue weighted by atomic mass is 10.1. The minimum absolute atomic E-state index is 0.280. The number of anilines is 1. The number of carbonyl (C=O) groups excluding carboxylic acids is 2. The Morgan fingerprint density at radius 2 is 1.75 bits per heavy atom. The van der Waals surface area contributed by atoms with Gasteiger partial charge in [-0.2, -0.15) is 0 Å². The van der Waals surface area contributed by atoms with E-state index in [-0.39, 0.29) is 6.54 Å². The maximum Gasteiger partial charge on any atom is 0.313 e. The molecule has 0 radical (unpaired) electrons. The summed E-state index contributed by atoms with van der Waals surface area (Å²) < 4.78 is 0. The Labute approximate surface area is 155 Å². The SMILES string of the molecule is Cc1c(Cl)cccc1NC(=O)C(=O)NCCc1ccc(Cl)cc1Cl. The van der Waals surface area contributed by atoms with Crippen molar-refractivity contribution in [2.75, 3.05) is 11.9 Å². The number of carbonyl (C=O) groups is 2. The van der Waals surface area contributed by atoms with Gasteiger partial charge in [-0.05, 0) is 48.7 Å².